The molecule has 0 spiro atoms. The molecule has 0 radical (unpaired) electrons. The third-order valence-corrected chi connectivity index (χ3v) is 6.36. The molecule has 32 heavy (non-hydrogen) atoms. The average Bonchev–Trinajstić information content (AvgIpc) is 3.25. The lowest BCUT2D eigenvalue weighted by Crippen LogP contribution is -2.07. The van der Waals surface area contributed by atoms with Crippen LogP contribution in [0.5, 0.6) is 5.75 Å². The summed E-state index contributed by atoms with van der Waals surface area (Å²) in [5, 5.41) is 2.78. The zero-order chi connectivity index (χ0) is 22.6. The molecular formula is C24H21FN2O4S. The summed E-state index contributed by atoms with van der Waals surface area (Å²) in [5.41, 5.74) is 1.36. The van der Waals surface area contributed by atoms with Crippen LogP contribution in [-0.2, 0) is 16.4 Å². The summed E-state index contributed by atoms with van der Waals surface area (Å²) in [5.74, 6) is 0.513. The highest BCUT2D eigenvalue weighted by Gasteiger charge is 2.28. The molecule has 0 atom stereocenters. The van der Waals surface area contributed by atoms with Crippen LogP contribution in [0.2, 0.25) is 0 Å². The Balaban J connectivity index is 1.71. The molecule has 3 aromatic carbocycles. The summed E-state index contributed by atoms with van der Waals surface area (Å²) in [6.45, 7) is 2.66. The van der Waals surface area contributed by atoms with Crippen LogP contribution in [0.15, 0.2) is 93.2 Å². The molecule has 0 unspecified atom stereocenters. The number of aromatic nitrogens is 1. The summed E-state index contributed by atoms with van der Waals surface area (Å²) in [6.07, 6.45) is 0. The molecule has 6 nitrogen and oxygen atoms in total. The van der Waals surface area contributed by atoms with E-state index in [2.05, 4.69) is 10.3 Å². The van der Waals surface area contributed by atoms with Gasteiger partial charge in [-0.1, -0.05) is 30.3 Å². The highest BCUT2D eigenvalue weighted by atomic mass is 32.2. The predicted octanol–water partition coefficient (Wildman–Crippen LogP) is 5.32. The zero-order valence-corrected chi connectivity index (χ0v) is 18.1. The second-order valence-corrected chi connectivity index (χ2v) is 8.77. The van der Waals surface area contributed by atoms with Crippen LogP contribution in [-0.4, -0.2) is 20.0 Å². The average molecular weight is 453 g/mol. The number of ether oxygens (including phenoxy) is 1. The summed E-state index contributed by atoms with van der Waals surface area (Å²) in [7, 11) is -3.94. The maximum Gasteiger partial charge on any atom is 0.234 e. The predicted molar refractivity (Wildman–Crippen MR) is 119 cm³/mol. The van der Waals surface area contributed by atoms with Crippen LogP contribution >= 0.6 is 0 Å². The summed E-state index contributed by atoms with van der Waals surface area (Å²) >= 11 is 0. The zero-order valence-electron chi connectivity index (χ0n) is 17.3. The fourth-order valence-corrected chi connectivity index (χ4v) is 4.38. The van der Waals surface area contributed by atoms with Gasteiger partial charge in [-0.2, -0.15) is 4.98 Å². The van der Waals surface area contributed by atoms with Crippen LogP contribution in [0.3, 0.4) is 0 Å². The van der Waals surface area contributed by atoms with Crippen LogP contribution in [0.4, 0.5) is 10.3 Å². The fourth-order valence-electron chi connectivity index (χ4n) is 3.08. The van der Waals surface area contributed by atoms with Gasteiger partial charge in [0.1, 0.15) is 11.6 Å². The number of benzene rings is 3. The van der Waals surface area contributed by atoms with Crippen LogP contribution in [0, 0.1) is 5.82 Å². The minimum absolute atomic E-state index is 0.0158. The lowest BCUT2D eigenvalue weighted by Gasteiger charge is -2.06. The van der Waals surface area contributed by atoms with Crippen molar-refractivity contribution in [2.45, 2.75) is 23.4 Å². The van der Waals surface area contributed by atoms with Crippen LogP contribution < -0.4 is 10.1 Å². The Labute approximate surface area is 185 Å². The van der Waals surface area contributed by atoms with E-state index in [-0.39, 0.29) is 34.1 Å². The Hall–Kier alpha value is -3.65. The first kappa shape index (κ1) is 21.6. The van der Waals surface area contributed by atoms with Gasteiger partial charge in [-0.05, 0) is 61.0 Å². The van der Waals surface area contributed by atoms with Crippen molar-refractivity contribution in [1.82, 2.24) is 4.98 Å². The molecule has 8 heteroatoms. The van der Waals surface area contributed by atoms with Gasteiger partial charge in [-0.15, -0.1) is 0 Å². The van der Waals surface area contributed by atoms with Gasteiger partial charge in [0.05, 0.1) is 11.5 Å². The van der Waals surface area contributed by atoms with E-state index in [4.69, 9.17) is 9.15 Å². The number of hydrogen-bond acceptors (Lipinski definition) is 6. The van der Waals surface area contributed by atoms with Gasteiger partial charge in [-0.3, -0.25) is 0 Å². The molecule has 0 saturated carbocycles. The summed E-state index contributed by atoms with van der Waals surface area (Å²) < 4.78 is 51.0. The molecular weight excluding hydrogens is 431 g/mol. The van der Waals surface area contributed by atoms with Gasteiger partial charge in [0.2, 0.25) is 26.6 Å². The van der Waals surface area contributed by atoms with Crippen molar-refractivity contribution in [3.63, 3.8) is 0 Å². The maximum absolute atomic E-state index is 13.3. The number of nitrogens with one attached hydrogen (secondary N) is 1. The van der Waals surface area contributed by atoms with Crippen molar-refractivity contribution >= 4 is 15.7 Å². The highest BCUT2D eigenvalue weighted by Crippen LogP contribution is 2.33. The van der Waals surface area contributed by atoms with E-state index >= 15 is 0 Å². The molecule has 0 aliphatic rings. The highest BCUT2D eigenvalue weighted by molar-refractivity contribution is 7.91. The Morgan fingerprint density at radius 1 is 0.969 bits per heavy atom. The quantitative estimate of drug-likeness (QED) is 0.389. The monoisotopic (exact) mass is 452 g/mol. The normalized spacial score (nSPS) is 11.3. The van der Waals surface area contributed by atoms with Gasteiger partial charge < -0.3 is 14.5 Å². The van der Waals surface area contributed by atoms with Crippen LogP contribution in [0.1, 0.15) is 12.5 Å². The van der Waals surface area contributed by atoms with Crippen molar-refractivity contribution in [1.29, 1.82) is 0 Å². The molecule has 1 N–H and O–H groups in total. The lowest BCUT2D eigenvalue weighted by atomic mass is 10.2. The molecule has 0 aliphatic carbocycles. The second kappa shape index (κ2) is 9.23. The van der Waals surface area contributed by atoms with Gasteiger partial charge >= 0.3 is 0 Å². The van der Waals surface area contributed by atoms with E-state index < -0.39 is 9.84 Å². The Bertz CT molecular complexity index is 1290. The molecule has 1 heterocycles. The third-order valence-electron chi connectivity index (χ3n) is 4.68. The van der Waals surface area contributed by atoms with E-state index in [1.165, 1.54) is 24.3 Å². The van der Waals surface area contributed by atoms with E-state index in [0.717, 1.165) is 5.56 Å². The van der Waals surface area contributed by atoms with Gasteiger partial charge in [-0.25, -0.2) is 12.8 Å². The van der Waals surface area contributed by atoms with Gasteiger partial charge in [0, 0.05) is 12.1 Å². The first-order chi connectivity index (χ1) is 15.5. The molecule has 0 bridgehead atoms. The van der Waals surface area contributed by atoms with Crippen molar-refractivity contribution in [2.24, 2.45) is 0 Å². The maximum atomic E-state index is 13.3. The van der Waals surface area contributed by atoms with Crippen molar-refractivity contribution in [3.05, 3.63) is 90.2 Å². The molecule has 0 saturated heterocycles. The van der Waals surface area contributed by atoms with E-state index in [1.807, 2.05) is 6.92 Å². The minimum atomic E-state index is -3.94. The Kier molecular flexibility index (Phi) is 6.23. The van der Waals surface area contributed by atoms with Crippen molar-refractivity contribution in [3.8, 4) is 17.2 Å². The van der Waals surface area contributed by atoms with Crippen molar-refractivity contribution < 1.29 is 22.0 Å². The van der Waals surface area contributed by atoms with Gasteiger partial charge in [0.25, 0.3) is 0 Å². The second-order valence-electron chi connectivity index (χ2n) is 6.91. The molecule has 4 rings (SSSR count). The number of nitrogens with zero attached hydrogens (tertiary/aromatic N) is 1. The van der Waals surface area contributed by atoms with Gasteiger partial charge in [0.15, 0.2) is 0 Å². The molecule has 0 aliphatic heterocycles. The fraction of sp³-hybridized carbons (Fsp3) is 0.125. The SMILES string of the molecule is CCOc1ccc(-c2nc(S(=O)(=O)c3ccccc3)c(NCc3ccc(F)cc3)o2)cc1. The van der Waals surface area contributed by atoms with E-state index in [1.54, 1.807) is 54.6 Å². The van der Waals surface area contributed by atoms with E-state index in [9.17, 15) is 12.8 Å². The number of oxazole rings is 1. The number of rotatable bonds is 8. The topological polar surface area (TPSA) is 81.4 Å². The third kappa shape index (κ3) is 4.65. The summed E-state index contributed by atoms with van der Waals surface area (Å²) in [6, 6.07) is 21.0. The first-order valence-electron chi connectivity index (χ1n) is 10.00. The number of hydrogen-bond donors (Lipinski definition) is 1. The minimum Gasteiger partial charge on any atom is -0.494 e. The Morgan fingerprint density at radius 2 is 1.66 bits per heavy atom. The van der Waals surface area contributed by atoms with E-state index in [0.29, 0.717) is 17.9 Å². The smallest absolute Gasteiger partial charge is 0.234 e. The molecule has 164 valence electrons. The largest absolute Gasteiger partial charge is 0.494 e. The molecule has 0 fully saturated rings. The first-order valence-corrected chi connectivity index (χ1v) is 11.5. The standard InChI is InChI=1S/C24H21FN2O4S/c1-2-30-20-14-10-18(11-15-20)22-27-24(32(28,29)21-6-4-3-5-7-21)23(31-22)26-16-17-8-12-19(25)13-9-17/h3-15,26H,2,16H2,1H3. The molecule has 0 amide bonds. The lowest BCUT2D eigenvalue weighted by molar-refractivity contribution is 0.340. The van der Waals surface area contributed by atoms with Crippen molar-refractivity contribution in [2.75, 3.05) is 11.9 Å². The molecule has 4 aromatic rings. The van der Waals surface area contributed by atoms with Crippen LogP contribution in [0.25, 0.3) is 11.5 Å². The molecule has 1 aromatic heterocycles. The number of halogens is 1. The summed E-state index contributed by atoms with van der Waals surface area (Å²) in [4.78, 5) is 4.42. The number of anilines is 1. The number of sulfone groups is 1. The Morgan fingerprint density at radius 3 is 2.31 bits per heavy atom.